The summed E-state index contributed by atoms with van der Waals surface area (Å²) in [4.78, 5) is 16.7. The summed E-state index contributed by atoms with van der Waals surface area (Å²) in [5.41, 5.74) is 3.39. The second-order valence-corrected chi connectivity index (χ2v) is 7.75. The van der Waals surface area contributed by atoms with Crippen molar-refractivity contribution in [2.45, 2.75) is 13.8 Å². The van der Waals surface area contributed by atoms with E-state index in [0.717, 1.165) is 61.1 Å². The Labute approximate surface area is 177 Å². The molecule has 30 heavy (non-hydrogen) atoms. The van der Waals surface area contributed by atoms with Gasteiger partial charge in [-0.15, -0.1) is 0 Å². The van der Waals surface area contributed by atoms with Gasteiger partial charge < -0.3 is 14.5 Å². The molecule has 2 heterocycles. The van der Waals surface area contributed by atoms with Crippen molar-refractivity contribution in [2.75, 3.05) is 39.3 Å². The molecule has 2 aromatic carbocycles. The van der Waals surface area contributed by atoms with Gasteiger partial charge in [-0.05, 0) is 38.1 Å². The van der Waals surface area contributed by atoms with Gasteiger partial charge in [0.1, 0.15) is 18.9 Å². The van der Waals surface area contributed by atoms with Gasteiger partial charge in [0.25, 0.3) is 5.91 Å². The zero-order valence-corrected chi connectivity index (χ0v) is 17.7. The number of piperazine rings is 1. The summed E-state index contributed by atoms with van der Waals surface area (Å²) < 4.78 is 7.68. The Bertz CT molecular complexity index is 977. The minimum atomic E-state index is 0.0896. The molecule has 1 saturated heterocycles. The van der Waals surface area contributed by atoms with Crippen LogP contribution in [0, 0.1) is 13.8 Å². The van der Waals surface area contributed by atoms with E-state index < -0.39 is 0 Å². The molecule has 4 rings (SSSR count). The van der Waals surface area contributed by atoms with Crippen LogP contribution in [0.4, 0.5) is 0 Å². The molecule has 0 aliphatic carbocycles. The van der Waals surface area contributed by atoms with E-state index in [0.29, 0.717) is 6.61 Å². The van der Waals surface area contributed by atoms with Gasteiger partial charge >= 0.3 is 0 Å². The number of nitrogens with one attached hydrogen (secondary N) is 1. The number of carbonyl (C=O) groups is 1. The van der Waals surface area contributed by atoms with Crippen molar-refractivity contribution in [3.8, 4) is 11.4 Å². The topological polar surface area (TPSA) is 51.8 Å². The van der Waals surface area contributed by atoms with Crippen LogP contribution in [-0.2, 0) is 0 Å². The lowest BCUT2D eigenvalue weighted by Gasteiger charge is -2.32. The largest absolute Gasteiger partial charge is 0.488 e. The summed E-state index contributed by atoms with van der Waals surface area (Å²) in [6.07, 6.45) is 0. The molecule has 0 unspecified atom stereocenters. The van der Waals surface area contributed by atoms with Crippen molar-refractivity contribution < 1.29 is 14.4 Å². The van der Waals surface area contributed by atoms with Crippen LogP contribution in [0.15, 0.2) is 60.7 Å². The van der Waals surface area contributed by atoms with Gasteiger partial charge in [-0.3, -0.25) is 4.79 Å². The van der Waals surface area contributed by atoms with Crippen LogP contribution in [-0.4, -0.2) is 59.9 Å². The van der Waals surface area contributed by atoms with Crippen LogP contribution >= 0.6 is 0 Å². The molecular weight excluding hydrogens is 376 g/mol. The zero-order chi connectivity index (χ0) is 20.9. The number of hydrogen-bond acceptors (Lipinski definition) is 3. The fourth-order valence-electron chi connectivity index (χ4n) is 4.04. The normalized spacial score (nSPS) is 14.7. The number of amides is 1. The van der Waals surface area contributed by atoms with Crippen molar-refractivity contribution in [3.63, 3.8) is 0 Å². The Balaban J connectivity index is 1.34. The first kappa shape index (κ1) is 20.2. The number of rotatable bonds is 6. The molecule has 0 bridgehead atoms. The van der Waals surface area contributed by atoms with E-state index in [-0.39, 0.29) is 5.91 Å². The van der Waals surface area contributed by atoms with Crippen molar-refractivity contribution in [1.29, 1.82) is 0 Å². The van der Waals surface area contributed by atoms with Crippen LogP contribution in [0.25, 0.3) is 5.69 Å². The fourth-order valence-corrected chi connectivity index (χ4v) is 4.04. The Hall–Kier alpha value is -3.12. The molecule has 0 atom stereocenters. The number of quaternary nitrogens is 1. The van der Waals surface area contributed by atoms with Gasteiger partial charge in [0.15, 0.2) is 0 Å². The van der Waals surface area contributed by atoms with Crippen LogP contribution in [0.5, 0.6) is 5.75 Å². The molecule has 1 N–H and O–H groups in total. The van der Waals surface area contributed by atoms with E-state index in [1.807, 2.05) is 84.1 Å². The van der Waals surface area contributed by atoms with Gasteiger partial charge in [-0.1, -0.05) is 36.4 Å². The highest BCUT2D eigenvalue weighted by Crippen LogP contribution is 2.19. The lowest BCUT2D eigenvalue weighted by Crippen LogP contribution is -3.15. The number of carbonyl (C=O) groups excluding carboxylic acids is 1. The van der Waals surface area contributed by atoms with Gasteiger partial charge in [0.05, 0.1) is 48.8 Å². The lowest BCUT2D eigenvalue weighted by molar-refractivity contribution is -0.903. The average Bonchev–Trinajstić information content (AvgIpc) is 3.09. The standard InChI is InChI=1S/C24H28N4O2/c1-19-23(20(2)28(25-19)21-9-5-3-6-10-21)24(29)27-15-13-26(14-16-27)17-18-30-22-11-7-4-8-12-22/h3-12H,13-18H2,1-2H3/p+1. The number of aromatic nitrogens is 2. The second-order valence-electron chi connectivity index (χ2n) is 7.75. The first-order chi connectivity index (χ1) is 14.6. The predicted molar refractivity (Wildman–Crippen MR) is 116 cm³/mol. The van der Waals surface area contributed by atoms with Crippen molar-refractivity contribution >= 4 is 5.91 Å². The minimum Gasteiger partial charge on any atom is -0.488 e. The van der Waals surface area contributed by atoms with E-state index >= 15 is 0 Å². The molecular formula is C24H29N4O2+. The van der Waals surface area contributed by atoms with Crippen LogP contribution in [0.3, 0.4) is 0 Å². The van der Waals surface area contributed by atoms with E-state index in [4.69, 9.17) is 4.74 Å². The number of ether oxygens (including phenoxy) is 1. The molecule has 0 radical (unpaired) electrons. The second kappa shape index (κ2) is 9.13. The van der Waals surface area contributed by atoms with Crippen molar-refractivity contribution in [2.24, 2.45) is 0 Å². The molecule has 0 spiro atoms. The molecule has 0 saturated carbocycles. The molecule has 156 valence electrons. The maximum atomic E-state index is 13.2. The number of hydrogen-bond donors (Lipinski definition) is 1. The molecule has 1 aromatic heterocycles. The third-order valence-corrected chi connectivity index (χ3v) is 5.73. The maximum absolute atomic E-state index is 13.2. The van der Waals surface area contributed by atoms with E-state index in [9.17, 15) is 4.79 Å². The highest BCUT2D eigenvalue weighted by atomic mass is 16.5. The van der Waals surface area contributed by atoms with Crippen LogP contribution < -0.4 is 9.64 Å². The van der Waals surface area contributed by atoms with Crippen molar-refractivity contribution in [1.82, 2.24) is 14.7 Å². The Kier molecular flexibility index (Phi) is 6.14. The van der Waals surface area contributed by atoms with Crippen molar-refractivity contribution in [3.05, 3.63) is 77.6 Å². The third kappa shape index (κ3) is 4.39. The Morgan fingerprint density at radius 2 is 1.63 bits per heavy atom. The first-order valence-corrected chi connectivity index (χ1v) is 10.6. The summed E-state index contributed by atoms with van der Waals surface area (Å²) in [7, 11) is 0. The van der Waals surface area contributed by atoms with E-state index in [2.05, 4.69) is 5.10 Å². The maximum Gasteiger partial charge on any atom is 0.258 e. The summed E-state index contributed by atoms with van der Waals surface area (Å²) in [6.45, 7) is 8.93. The molecule has 1 amide bonds. The number of aryl methyl sites for hydroxylation is 1. The van der Waals surface area contributed by atoms with E-state index in [1.54, 1.807) is 0 Å². The summed E-state index contributed by atoms with van der Waals surface area (Å²) >= 11 is 0. The average molecular weight is 406 g/mol. The molecule has 1 fully saturated rings. The SMILES string of the molecule is Cc1nn(-c2ccccc2)c(C)c1C(=O)N1CC[NH+](CCOc2ccccc2)CC1. The van der Waals surface area contributed by atoms with Crippen LogP contribution in [0.2, 0.25) is 0 Å². The summed E-state index contributed by atoms with van der Waals surface area (Å²) in [5.74, 6) is 0.999. The number of nitrogens with zero attached hydrogens (tertiary/aromatic N) is 3. The molecule has 6 nitrogen and oxygen atoms in total. The molecule has 1 aliphatic rings. The molecule has 1 aliphatic heterocycles. The fraction of sp³-hybridized carbons (Fsp3) is 0.333. The number of benzene rings is 2. The van der Waals surface area contributed by atoms with Gasteiger partial charge in [0, 0.05) is 0 Å². The Morgan fingerprint density at radius 1 is 1.00 bits per heavy atom. The molecule has 6 heteroatoms. The van der Waals surface area contributed by atoms with E-state index in [1.165, 1.54) is 4.90 Å². The molecule has 3 aromatic rings. The van der Waals surface area contributed by atoms with Gasteiger partial charge in [-0.25, -0.2) is 4.68 Å². The minimum absolute atomic E-state index is 0.0896. The quantitative estimate of drug-likeness (QED) is 0.682. The zero-order valence-electron chi connectivity index (χ0n) is 17.7. The predicted octanol–water partition coefficient (Wildman–Crippen LogP) is 1.91. The number of para-hydroxylation sites is 2. The highest BCUT2D eigenvalue weighted by Gasteiger charge is 2.28. The lowest BCUT2D eigenvalue weighted by atomic mass is 10.1. The summed E-state index contributed by atoms with van der Waals surface area (Å²) in [6, 6.07) is 19.9. The first-order valence-electron chi connectivity index (χ1n) is 10.6. The monoisotopic (exact) mass is 405 g/mol. The van der Waals surface area contributed by atoms with Gasteiger partial charge in [-0.2, -0.15) is 5.10 Å². The smallest absolute Gasteiger partial charge is 0.258 e. The highest BCUT2D eigenvalue weighted by molar-refractivity contribution is 5.96. The summed E-state index contributed by atoms with van der Waals surface area (Å²) in [5, 5.41) is 4.63. The Morgan fingerprint density at radius 3 is 2.30 bits per heavy atom. The third-order valence-electron chi connectivity index (χ3n) is 5.73. The van der Waals surface area contributed by atoms with Crippen LogP contribution in [0.1, 0.15) is 21.7 Å². The van der Waals surface area contributed by atoms with Gasteiger partial charge in [0.2, 0.25) is 0 Å².